The van der Waals surface area contributed by atoms with E-state index in [9.17, 15) is 4.79 Å². The molecule has 0 aliphatic rings. The second kappa shape index (κ2) is 6.44. The highest BCUT2D eigenvalue weighted by molar-refractivity contribution is 6.08. The SMILES string of the molecule is Cc1ccc(NC(=O)c2cnn3c(-c4ccccc4)ccnc23)c(C)c1. The second-order valence-electron chi connectivity index (χ2n) is 6.26. The Morgan fingerprint density at radius 2 is 1.85 bits per heavy atom. The van der Waals surface area contributed by atoms with Crippen LogP contribution in [0.3, 0.4) is 0 Å². The van der Waals surface area contributed by atoms with Crippen LogP contribution >= 0.6 is 0 Å². The van der Waals surface area contributed by atoms with Gasteiger partial charge in [-0.05, 0) is 31.5 Å². The monoisotopic (exact) mass is 342 g/mol. The van der Waals surface area contributed by atoms with Gasteiger partial charge in [-0.3, -0.25) is 4.79 Å². The molecule has 0 aliphatic heterocycles. The summed E-state index contributed by atoms with van der Waals surface area (Å²) >= 11 is 0. The number of rotatable bonds is 3. The lowest BCUT2D eigenvalue weighted by atomic mass is 10.1. The fraction of sp³-hybridized carbons (Fsp3) is 0.0952. The molecule has 0 aliphatic carbocycles. The highest BCUT2D eigenvalue weighted by atomic mass is 16.1. The van der Waals surface area contributed by atoms with E-state index in [1.54, 1.807) is 16.9 Å². The van der Waals surface area contributed by atoms with Crippen LogP contribution in [0.1, 0.15) is 21.5 Å². The van der Waals surface area contributed by atoms with Crippen molar-refractivity contribution >= 4 is 17.2 Å². The molecule has 128 valence electrons. The Kier molecular flexibility index (Phi) is 3.97. The number of aryl methyl sites for hydroxylation is 2. The molecule has 0 bridgehead atoms. The first-order valence-corrected chi connectivity index (χ1v) is 8.40. The molecule has 1 amide bonds. The summed E-state index contributed by atoms with van der Waals surface area (Å²) in [6.07, 6.45) is 3.26. The molecule has 0 saturated carbocycles. The fourth-order valence-corrected chi connectivity index (χ4v) is 3.02. The number of nitrogens with one attached hydrogen (secondary N) is 1. The van der Waals surface area contributed by atoms with Gasteiger partial charge in [0.25, 0.3) is 5.91 Å². The van der Waals surface area contributed by atoms with E-state index in [-0.39, 0.29) is 5.91 Å². The summed E-state index contributed by atoms with van der Waals surface area (Å²) in [6, 6.07) is 17.7. The zero-order chi connectivity index (χ0) is 18.1. The molecular weight excluding hydrogens is 324 g/mol. The Morgan fingerprint density at radius 1 is 1.04 bits per heavy atom. The van der Waals surface area contributed by atoms with Crippen molar-refractivity contribution in [2.75, 3.05) is 5.32 Å². The van der Waals surface area contributed by atoms with Crippen LogP contribution in [-0.4, -0.2) is 20.5 Å². The van der Waals surface area contributed by atoms with E-state index in [2.05, 4.69) is 15.4 Å². The van der Waals surface area contributed by atoms with Crippen LogP contribution in [0.5, 0.6) is 0 Å². The fourth-order valence-electron chi connectivity index (χ4n) is 3.02. The minimum atomic E-state index is -0.218. The van der Waals surface area contributed by atoms with Crippen LogP contribution < -0.4 is 5.32 Å². The number of hydrogen-bond acceptors (Lipinski definition) is 3. The topological polar surface area (TPSA) is 59.3 Å². The normalized spacial score (nSPS) is 10.8. The maximum Gasteiger partial charge on any atom is 0.261 e. The van der Waals surface area contributed by atoms with Crippen molar-refractivity contribution in [3.8, 4) is 11.3 Å². The van der Waals surface area contributed by atoms with Gasteiger partial charge in [0.1, 0.15) is 5.56 Å². The van der Waals surface area contributed by atoms with E-state index < -0.39 is 0 Å². The van der Waals surface area contributed by atoms with E-state index in [1.165, 1.54) is 0 Å². The molecule has 0 unspecified atom stereocenters. The van der Waals surface area contributed by atoms with E-state index in [1.807, 2.05) is 68.4 Å². The third kappa shape index (κ3) is 2.84. The largest absolute Gasteiger partial charge is 0.322 e. The molecular formula is C21H18N4O. The maximum absolute atomic E-state index is 12.8. The first kappa shape index (κ1) is 16.0. The van der Waals surface area contributed by atoms with Crippen molar-refractivity contribution < 1.29 is 4.79 Å². The van der Waals surface area contributed by atoms with Crippen molar-refractivity contribution in [1.29, 1.82) is 0 Å². The molecule has 2 heterocycles. The molecule has 5 nitrogen and oxygen atoms in total. The Bertz CT molecular complexity index is 1100. The zero-order valence-electron chi connectivity index (χ0n) is 14.6. The number of carbonyl (C=O) groups is 1. The summed E-state index contributed by atoms with van der Waals surface area (Å²) < 4.78 is 1.70. The summed E-state index contributed by atoms with van der Waals surface area (Å²) in [5, 5.41) is 7.35. The van der Waals surface area contributed by atoms with Gasteiger partial charge in [-0.2, -0.15) is 5.10 Å². The van der Waals surface area contributed by atoms with Gasteiger partial charge >= 0.3 is 0 Å². The molecule has 4 aromatic rings. The van der Waals surface area contributed by atoms with Gasteiger partial charge in [-0.1, -0.05) is 48.0 Å². The van der Waals surface area contributed by atoms with Crippen molar-refractivity contribution in [2.24, 2.45) is 0 Å². The Labute approximate surface area is 151 Å². The number of nitrogens with zero attached hydrogens (tertiary/aromatic N) is 3. The smallest absolute Gasteiger partial charge is 0.261 e. The first-order chi connectivity index (χ1) is 12.6. The summed E-state index contributed by atoms with van der Waals surface area (Å²) in [5.74, 6) is -0.218. The molecule has 26 heavy (non-hydrogen) atoms. The van der Waals surface area contributed by atoms with Crippen molar-refractivity contribution in [3.05, 3.63) is 83.7 Å². The highest BCUT2D eigenvalue weighted by Crippen LogP contribution is 2.22. The van der Waals surface area contributed by atoms with Gasteiger partial charge in [-0.15, -0.1) is 0 Å². The average Bonchev–Trinajstić information content (AvgIpc) is 3.09. The molecule has 0 atom stereocenters. The third-order valence-electron chi connectivity index (χ3n) is 4.35. The number of anilines is 1. The molecule has 4 rings (SSSR count). The molecule has 5 heteroatoms. The van der Waals surface area contributed by atoms with E-state index in [0.717, 1.165) is 28.1 Å². The standard InChI is InChI=1S/C21H18N4O/c1-14-8-9-18(15(2)12-14)24-21(26)17-13-23-25-19(10-11-22-20(17)25)16-6-4-3-5-7-16/h3-13H,1-2H3,(H,24,26). The molecule has 0 fully saturated rings. The lowest BCUT2D eigenvalue weighted by Crippen LogP contribution is -2.13. The number of carbonyl (C=O) groups excluding carboxylic acids is 1. The van der Waals surface area contributed by atoms with Crippen molar-refractivity contribution in [3.63, 3.8) is 0 Å². The molecule has 0 saturated heterocycles. The van der Waals surface area contributed by atoms with Crippen LogP contribution in [0.25, 0.3) is 16.9 Å². The molecule has 1 N–H and O–H groups in total. The summed E-state index contributed by atoms with van der Waals surface area (Å²) in [7, 11) is 0. The summed E-state index contributed by atoms with van der Waals surface area (Å²) in [5.41, 5.74) is 5.86. The van der Waals surface area contributed by atoms with Gasteiger partial charge in [0.2, 0.25) is 0 Å². The van der Waals surface area contributed by atoms with Gasteiger partial charge < -0.3 is 5.32 Å². The highest BCUT2D eigenvalue weighted by Gasteiger charge is 2.17. The molecule has 0 spiro atoms. The van der Waals surface area contributed by atoms with Crippen LogP contribution in [0.2, 0.25) is 0 Å². The van der Waals surface area contributed by atoms with Crippen LogP contribution in [-0.2, 0) is 0 Å². The number of hydrogen-bond donors (Lipinski definition) is 1. The summed E-state index contributed by atoms with van der Waals surface area (Å²) in [4.78, 5) is 17.1. The number of fused-ring (bicyclic) bond motifs is 1. The predicted molar refractivity (Wildman–Crippen MR) is 102 cm³/mol. The number of aromatic nitrogens is 3. The van der Waals surface area contributed by atoms with E-state index >= 15 is 0 Å². The van der Waals surface area contributed by atoms with Gasteiger partial charge in [0, 0.05) is 17.4 Å². The van der Waals surface area contributed by atoms with Gasteiger partial charge in [0.15, 0.2) is 5.65 Å². The Hall–Kier alpha value is -3.47. The first-order valence-electron chi connectivity index (χ1n) is 8.40. The van der Waals surface area contributed by atoms with Crippen LogP contribution in [0, 0.1) is 13.8 Å². The quantitative estimate of drug-likeness (QED) is 0.605. The zero-order valence-corrected chi connectivity index (χ0v) is 14.6. The van der Waals surface area contributed by atoms with Gasteiger partial charge in [-0.25, -0.2) is 9.50 Å². The van der Waals surface area contributed by atoms with Gasteiger partial charge in [0.05, 0.1) is 11.9 Å². The molecule has 2 aromatic carbocycles. The third-order valence-corrected chi connectivity index (χ3v) is 4.35. The van der Waals surface area contributed by atoms with Crippen LogP contribution in [0.15, 0.2) is 67.0 Å². The average molecular weight is 342 g/mol. The Balaban J connectivity index is 1.72. The summed E-state index contributed by atoms with van der Waals surface area (Å²) in [6.45, 7) is 4.00. The van der Waals surface area contributed by atoms with Crippen molar-refractivity contribution in [1.82, 2.24) is 14.6 Å². The predicted octanol–water partition coefficient (Wildman–Crippen LogP) is 4.27. The Morgan fingerprint density at radius 3 is 2.62 bits per heavy atom. The van der Waals surface area contributed by atoms with E-state index in [0.29, 0.717) is 11.2 Å². The maximum atomic E-state index is 12.8. The van der Waals surface area contributed by atoms with E-state index in [4.69, 9.17) is 0 Å². The minimum absolute atomic E-state index is 0.218. The minimum Gasteiger partial charge on any atom is -0.322 e. The number of benzene rings is 2. The second-order valence-corrected chi connectivity index (χ2v) is 6.26. The molecule has 2 aromatic heterocycles. The molecule has 0 radical (unpaired) electrons. The van der Waals surface area contributed by atoms with Crippen molar-refractivity contribution in [2.45, 2.75) is 13.8 Å². The number of amides is 1. The lowest BCUT2D eigenvalue weighted by Gasteiger charge is -2.08. The lowest BCUT2D eigenvalue weighted by molar-refractivity contribution is 0.102. The van der Waals surface area contributed by atoms with Crippen LogP contribution in [0.4, 0.5) is 5.69 Å².